The largest absolute Gasteiger partial charge is 0.481 e. The SMILES string of the molecule is CC(C)(CC(=O)O)CC(=O)Nc1ccc(C(=O)NCCc2ccccc2)cc1. The molecule has 0 saturated heterocycles. The topological polar surface area (TPSA) is 95.5 Å². The van der Waals surface area contributed by atoms with E-state index >= 15 is 0 Å². The monoisotopic (exact) mass is 382 g/mol. The molecule has 2 aromatic rings. The lowest BCUT2D eigenvalue weighted by molar-refractivity contribution is -0.139. The van der Waals surface area contributed by atoms with Gasteiger partial charge in [-0.05, 0) is 41.7 Å². The van der Waals surface area contributed by atoms with E-state index < -0.39 is 11.4 Å². The second kappa shape index (κ2) is 9.69. The Kier molecular flexibility index (Phi) is 7.32. The van der Waals surface area contributed by atoms with Crippen molar-refractivity contribution < 1.29 is 19.5 Å². The molecular formula is C22H26N2O4. The van der Waals surface area contributed by atoms with Crippen LogP contribution in [0, 0.1) is 5.41 Å². The number of carbonyl (C=O) groups is 3. The number of hydrogen-bond donors (Lipinski definition) is 3. The summed E-state index contributed by atoms with van der Waals surface area (Å²) in [6.07, 6.45) is 0.774. The van der Waals surface area contributed by atoms with Crippen molar-refractivity contribution in [2.75, 3.05) is 11.9 Å². The van der Waals surface area contributed by atoms with Crippen molar-refractivity contribution in [2.24, 2.45) is 5.41 Å². The molecular weight excluding hydrogens is 356 g/mol. The van der Waals surface area contributed by atoms with Gasteiger partial charge in [0, 0.05) is 24.2 Å². The van der Waals surface area contributed by atoms with Gasteiger partial charge in [-0.15, -0.1) is 0 Å². The molecule has 2 aromatic carbocycles. The summed E-state index contributed by atoms with van der Waals surface area (Å²) in [7, 11) is 0. The first-order valence-corrected chi connectivity index (χ1v) is 9.19. The summed E-state index contributed by atoms with van der Waals surface area (Å²) in [4.78, 5) is 35.2. The molecule has 0 spiro atoms. The van der Waals surface area contributed by atoms with E-state index in [9.17, 15) is 14.4 Å². The highest BCUT2D eigenvalue weighted by Crippen LogP contribution is 2.25. The third-order valence-electron chi connectivity index (χ3n) is 4.24. The Bertz CT molecular complexity index is 814. The number of anilines is 1. The highest BCUT2D eigenvalue weighted by Gasteiger charge is 2.25. The molecule has 2 amide bonds. The molecule has 6 heteroatoms. The zero-order valence-electron chi connectivity index (χ0n) is 16.2. The fourth-order valence-electron chi connectivity index (χ4n) is 2.88. The van der Waals surface area contributed by atoms with Crippen molar-refractivity contribution in [2.45, 2.75) is 33.1 Å². The smallest absolute Gasteiger partial charge is 0.303 e. The van der Waals surface area contributed by atoms with E-state index in [0.717, 1.165) is 12.0 Å². The van der Waals surface area contributed by atoms with Gasteiger partial charge in [0.05, 0.1) is 6.42 Å². The summed E-state index contributed by atoms with van der Waals surface area (Å²) in [5.41, 5.74) is 1.61. The van der Waals surface area contributed by atoms with Gasteiger partial charge in [0.15, 0.2) is 0 Å². The Morgan fingerprint density at radius 3 is 2.18 bits per heavy atom. The van der Waals surface area contributed by atoms with Crippen LogP contribution in [0.15, 0.2) is 54.6 Å². The fourth-order valence-corrected chi connectivity index (χ4v) is 2.88. The standard InChI is InChI=1S/C22H26N2O4/c1-22(2,15-20(26)27)14-19(25)24-18-10-8-17(9-11-18)21(28)23-13-12-16-6-4-3-5-7-16/h3-11H,12-15H2,1-2H3,(H,23,28)(H,24,25)(H,26,27). The van der Waals surface area contributed by atoms with Gasteiger partial charge in [-0.2, -0.15) is 0 Å². The predicted octanol–water partition coefficient (Wildman–Crippen LogP) is 3.49. The molecule has 148 valence electrons. The molecule has 3 N–H and O–H groups in total. The first-order chi connectivity index (χ1) is 13.2. The highest BCUT2D eigenvalue weighted by atomic mass is 16.4. The maximum atomic E-state index is 12.2. The number of rotatable bonds is 9. The molecule has 0 atom stereocenters. The normalized spacial score (nSPS) is 10.9. The van der Waals surface area contributed by atoms with E-state index in [1.165, 1.54) is 0 Å². The van der Waals surface area contributed by atoms with E-state index in [1.807, 2.05) is 30.3 Å². The van der Waals surface area contributed by atoms with Crippen molar-refractivity contribution in [3.05, 3.63) is 65.7 Å². The van der Waals surface area contributed by atoms with Crippen LogP contribution in [0.4, 0.5) is 5.69 Å². The molecule has 28 heavy (non-hydrogen) atoms. The predicted molar refractivity (Wildman–Crippen MR) is 108 cm³/mol. The van der Waals surface area contributed by atoms with E-state index in [1.54, 1.807) is 38.1 Å². The number of aliphatic carboxylic acids is 1. The number of carboxylic acids is 1. The van der Waals surface area contributed by atoms with Gasteiger partial charge in [-0.3, -0.25) is 14.4 Å². The van der Waals surface area contributed by atoms with E-state index in [-0.39, 0.29) is 24.7 Å². The second-order valence-electron chi connectivity index (χ2n) is 7.53. The molecule has 0 aliphatic heterocycles. The van der Waals surface area contributed by atoms with Crippen LogP contribution in [0.3, 0.4) is 0 Å². The minimum Gasteiger partial charge on any atom is -0.481 e. The number of carboxylic acid groups (broad SMARTS) is 1. The van der Waals surface area contributed by atoms with Crippen molar-refractivity contribution in [1.82, 2.24) is 5.32 Å². The van der Waals surface area contributed by atoms with Crippen LogP contribution in [0.1, 0.15) is 42.6 Å². The Morgan fingerprint density at radius 2 is 1.57 bits per heavy atom. The Morgan fingerprint density at radius 1 is 0.929 bits per heavy atom. The lowest BCUT2D eigenvalue weighted by Crippen LogP contribution is -2.26. The highest BCUT2D eigenvalue weighted by molar-refractivity contribution is 5.96. The molecule has 0 aliphatic rings. The Balaban J connectivity index is 1.82. The number of hydrogen-bond acceptors (Lipinski definition) is 3. The lowest BCUT2D eigenvalue weighted by Gasteiger charge is -2.21. The molecule has 0 heterocycles. The molecule has 0 radical (unpaired) electrons. The summed E-state index contributed by atoms with van der Waals surface area (Å²) in [6, 6.07) is 16.5. The summed E-state index contributed by atoms with van der Waals surface area (Å²) >= 11 is 0. The first-order valence-electron chi connectivity index (χ1n) is 9.19. The van der Waals surface area contributed by atoms with Crippen LogP contribution < -0.4 is 10.6 Å². The molecule has 0 bridgehead atoms. The minimum absolute atomic E-state index is 0.0808. The third kappa shape index (κ3) is 7.23. The van der Waals surface area contributed by atoms with Crippen LogP contribution in [0.25, 0.3) is 0 Å². The molecule has 0 fully saturated rings. The average Bonchev–Trinajstić information content (AvgIpc) is 2.61. The summed E-state index contributed by atoms with van der Waals surface area (Å²) in [5.74, 6) is -1.36. The van der Waals surface area contributed by atoms with Gasteiger partial charge in [0.25, 0.3) is 5.91 Å². The van der Waals surface area contributed by atoms with Gasteiger partial charge < -0.3 is 15.7 Å². The minimum atomic E-state index is -0.930. The maximum absolute atomic E-state index is 12.2. The average molecular weight is 382 g/mol. The molecule has 2 rings (SSSR count). The van der Waals surface area contributed by atoms with E-state index in [2.05, 4.69) is 10.6 Å². The molecule has 0 aromatic heterocycles. The van der Waals surface area contributed by atoms with Crippen LogP contribution in [0.2, 0.25) is 0 Å². The van der Waals surface area contributed by atoms with Gasteiger partial charge in [0.1, 0.15) is 0 Å². The Labute approximate surface area is 165 Å². The fraction of sp³-hybridized carbons (Fsp3) is 0.318. The molecule has 6 nitrogen and oxygen atoms in total. The number of benzene rings is 2. The number of nitrogens with one attached hydrogen (secondary N) is 2. The third-order valence-corrected chi connectivity index (χ3v) is 4.24. The van der Waals surface area contributed by atoms with Crippen molar-refractivity contribution in [3.63, 3.8) is 0 Å². The molecule has 0 unspecified atom stereocenters. The van der Waals surface area contributed by atoms with Crippen molar-refractivity contribution in [3.8, 4) is 0 Å². The first kappa shape index (κ1) is 21.2. The quantitative estimate of drug-likeness (QED) is 0.619. The summed E-state index contributed by atoms with van der Waals surface area (Å²) in [5, 5.41) is 14.5. The number of amides is 2. The van der Waals surface area contributed by atoms with Crippen molar-refractivity contribution >= 4 is 23.5 Å². The van der Waals surface area contributed by atoms with Crippen LogP contribution >= 0.6 is 0 Å². The molecule has 0 saturated carbocycles. The Hall–Kier alpha value is -3.15. The second-order valence-corrected chi connectivity index (χ2v) is 7.53. The summed E-state index contributed by atoms with van der Waals surface area (Å²) in [6.45, 7) is 4.02. The van der Waals surface area contributed by atoms with Gasteiger partial charge in [0.2, 0.25) is 5.91 Å². The van der Waals surface area contributed by atoms with Crippen molar-refractivity contribution in [1.29, 1.82) is 0 Å². The van der Waals surface area contributed by atoms with Crippen LogP contribution in [-0.4, -0.2) is 29.4 Å². The van der Waals surface area contributed by atoms with Gasteiger partial charge >= 0.3 is 5.97 Å². The van der Waals surface area contributed by atoms with E-state index in [0.29, 0.717) is 17.8 Å². The zero-order valence-corrected chi connectivity index (χ0v) is 16.2. The maximum Gasteiger partial charge on any atom is 0.303 e. The zero-order chi connectivity index (χ0) is 20.6. The van der Waals surface area contributed by atoms with Crippen LogP contribution in [-0.2, 0) is 16.0 Å². The van der Waals surface area contributed by atoms with Gasteiger partial charge in [-0.25, -0.2) is 0 Å². The lowest BCUT2D eigenvalue weighted by atomic mass is 9.85. The molecule has 0 aliphatic carbocycles. The van der Waals surface area contributed by atoms with E-state index in [4.69, 9.17) is 5.11 Å². The number of carbonyl (C=O) groups excluding carboxylic acids is 2. The summed E-state index contributed by atoms with van der Waals surface area (Å²) < 4.78 is 0. The van der Waals surface area contributed by atoms with Gasteiger partial charge in [-0.1, -0.05) is 44.2 Å². The van der Waals surface area contributed by atoms with Crippen LogP contribution in [0.5, 0.6) is 0 Å².